The van der Waals surface area contributed by atoms with Gasteiger partial charge in [-0.2, -0.15) is 0 Å². The van der Waals surface area contributed by atoms with E-state index in [2.05, 4.69) is 42.6 Å². The molecule has 0 saturated heterocycles. The highest BCUT2D eigenvalue weighted by atomic mass is 16.5. The number of hydrogen-bond acceptors (Lipinski definition) is 3. The van der Waals surface area contributed by atoms with Crippen LogP contribution in [0.25, 0.3) is 22.2 Å². The summed E-state index contributed by atoms with van der Waals surface area (Å²) >= 11 is 0. The number of pyridine rings is 1. The van der Waals surface area contributed by atoms with Crippen LogP contribution in [0.1, 0.15) is 39.5 Å². The van der Waals surface area contributed by atoms with Crippen molar-refractivity contribution in [1.29, 1.82) is 0 Å². The van der Waals surface area contributed by atoms with E-state index in [-0.39, 0.29) is 5.91 Å². The van der Waals surface area contributed by atoms with Gasteiger partial charge < -0.3 is 10.1 Å². The molecule has 162 valence electrons. The summed E-state index contributed by atoms with van der Waals surface area (Å²) in [5.74, 6) is 0.640. The molecule has 0 unspecified atom stereocenters. The van der Waals surface area contributed by atoms with Crippen molar-refractivity contribution in [3.05, 3.63) is 88.5 Å². The zero-order valence-electron chi connectivity index (χ0n) is 19.2. The van der Waals surface area contributed by atoms with Gasteiger partial charge in [-0.15, -0.1) is 0 Å². The Balaban J connectivity index is 1.85. The van der Waals surface area contributed by atoms with Crippen LogP contribution < -0.4 is 10.1 Å². The Hall–Kier alpha value is -3.66. The maximum Gasteiger partial charge on any atom is 0.256 e. The molecule has 0 aliphatic heterocycles. The highest BCUT2D eigenvalue weighted by molar-refractivity contribution is 6.15. The molecule has 0 aliphatic rings. The summed E-state index contributed by atoms with van der Waals surface area (Å²) in [6.07, 6.45) is 0. The number of carbonyl (C=O) groups excluding carboxylic acids is 1. The van der Waals surface area contributed by atoms with Crippen LogP contribution in [-0.4, -0.2) is 17.5 Å². The first-order valence-corrected chi connectivity index (χ1v) is 10.9. The fourth-order valence-electron chi connectivity index (χ4n) is 4.09. The first kappa shape index (κ1) is 21.6. The number of nitrogens with one attached hydrogen (secondary N) is 1. The van der Waals surface area contributed by atoms with Crippen molar-refractivity contribution in [1.82, 2.24) is 4.98 Å². The average Bonchev–Trinajstić information content (AvgIpc) is 2.75. The van der Waals surface area contributed by atoms with Crippen molar-refractivity contribution in [3.63, 3.8) is 0 Å². The van der Waals surface area contributed by atoms with Crippen LogP contribution in [0.5, 0.6) is 5.75 Å². The van der Waals surface area contributed by atoms with Gasteiger partial charge in [0.15, 0.2) is 0 Å². The lowest BCUT2D eigenvalue weighted by Gasteiger charge is -2.17. The maximum atomic E-state index is 13.5. The maximum absolute atomic E-state index is 13.5. The molecule has 0 fully saturated rings. The standard InChI is InChI=1S/C28H28N2O2/c1-6-32-23-13-11-22(12-14-23)29-28(31)25-20(5)27(21-9-7-17(2)8-10-21)30-26-19(4)15-18(3)16-24(25)26/h7-16H,6H2,1-5H3,(H,29,31). The number of amides is 1. The Labute approximate surface area is 189 Å². The minimum Gasteiger partial charge on any atom is -0.494 e. The minimum atomic E-state index is -0.141. The van der Waals surface area contributed by atoms with Gasteiger partial charge in [-0.05, 0) is 76.1 Å². The van der Waals surface area contributed by atoms with Gasteiger partial charge in [0.25, 0.3) is 5.91 Å². The number of anilines is 1. The fraction of sp³-hybridized carbons (Fsp3) is 0.214. The van der Waals surface area contributed by atoms with E-state index >= 15 is 0 Å². The van der Waals surface area contributed by atoms with E-state index in [1.54, 1.807) is 0 Å². The fourth-order valence-corrected chi connectivity index (χ4v) is 4.09. The summed E-state index contributed by atoms with van der Waals surface area (Å²) in [5, 5.41) is 3.94. The van der Waals surface area contributed by atoms with Crippen LogP contribution in [0.4, 0.5) is 5.69 Å². The molecule has 0 radical (unpaired) electrons. The number of benzene rings is 3. The van der Waals surface area contributed by atoms with E-state index in [1.807, 2.05) is 58.0 Å². The number of aromatic nitrogens is 1. The van der Waals surface area contributed by atoms with E-state index < -0.39 is 0 Å². The molecule has 4 heteroatoms. The monoisotopic (exact) mass is 424 g/mol. The van der Waals surface area contributed by atoms with Crippen LogP contribution in [0.15, 0.2) is 60.7 Å². The Kier molecular flexibility index (Phi) is 5.95. The molecule has 32 heavy (non-hydrogen) atoms. The van der Waals surface area contributed by atoms with E-state index in [4.69, 9.17) is 9.72 Å². The van der Waals surface area contributed by atoms with Gasteiger partial charge in [0.05, 0.1) is 23.4 Å². The third-order valence-corrected chi connectivity index (χ3v) is 5.64. The van der Waals surface area contributed by atoms with Crippen LogP contribution in [0.2, 0.25) is 0 Å². The van der Waals surface area contributed by atoms with Gasteiger partial charge in [-0.25, -0.2) is 4.98 Å². The van der Waals surface area contributed by atoms with Crippen molar-refractivity contribution in [2.75, 3.05) is 11.9 Å². The molecule has 0 saturated carbocycles. The normalized spacial score (nSPS) is 10.9. The predicted octanol–water partition coefficient (Wildman–Crippen LogP) is 6.79. The molecule has 0 aliphatic carbocycles. The Morgan fingerprint density at radius 1 is 0.906 bits per heavy atom. The highest BCUT2D eigenvalue weighted by Crippen LogP contribution is 2.32. The summed E-state index contributed by atoms with van der Waals surface area (Å²) < 4.78 is 5.51. The van der Waals surface area contributed by atoms with Gasteiger partial charge >= 0.3 is 0 Å². The van der Waals surface area contributed by atoms with Crippen molar-refractivity contribution < 1.29 is 9.53 Å². The molecule has 0 spiro atoms. The average molecular weight is 425 g/mol. The zero-order chi connectivity index (χ0) is 22.8. The SMILES string of the molecule is CCOc1ccc(NC(=O)c2c(C)c(-c3ccc(C)cc3)nc3c(C)cc(C)cc23)cc1. The van der Waals surface area contributed by atoms with E-state index in [0.717, 1.165) is 50.3 Å². The molecule has 4 nitrogen and oxygen atoms in total. The molecule has 1 heterocycles. The molecule has 3 aromatic carbocycles. The summed E-state index contributed by atoms with van der Waals surface area (Å²) in [6, 6.07) is 19.9. The van der Waals surface area contributed by atoms with Crippen molar-refractivity contribution >= 4 is 22.5 Å². The lowest BCUT2D eigenvalue weighted by molar-refractivity contribution is 0.102. The first-order chi connectivity index (χ1) is 15.4. The highest BCUT2D eigenvalue weighted by Gasteiger charge is 2.20. The molecule has 0 bridgehead atoms. The Morgan fingerprint density at radius 2 is 1.59 bits per heavy atom. The van der Waals surface area contributed by atoms with Gasteiger partial charge in [0.2, 0.25) is 0 Å². The number of ether oxygens (including phenoxy) is 1. The largest absolute Gasteiger partial charge is 0.494 e. The third kappa shape index (κ3) is 4.22. The summed E-state index contributed by atoms with van der Waals surface area (Å²) in [4.78, 5) is 18.6. The minimum absolute atomic E-state index is 0.141. The number of fused-ring (bicyclic) bond motifs is 1. The van der Waals surface area contributed by atoms with E-state index in [9.17, 15) is 4.79 Å². The van der Waals surface area contributed by atoms with Gasteiger partial charge in [0.1, 0.15) is 5.75 Å². The van der Waals surface area contributed by atoms with Crippen molar-refractivity contribution in [2.24, 2.45) is 0 Å². The number of hydrogen-bond donors (Lipinski definition) is 1. The molecular weight excluding hydrogens is 396 g/mol. The van der Waals surface area contributed by atoms with Gasteiger partial charge in [-0.1, -0.05) is 41.5 Å². The van der Waals surface area contributed by atoms with Crippen LogP contribution in [0, 0.1) is 27.7 Å². The lowest BCUT2D eigenvalue weighted by Crippen LogP contribution is -2.15. The van der Waals surface area contributed by atoms with E-state index in [0.29, 0.717) is 12.2 Å². The Morgan fingerprint density at radius 3 is 2.25 bits per heavy atom. The quantitative estimate of drug-likeness (QED) is 0.384. The lowest BCUT2D eigenvalue weighted by atomic mass is 9.94. The first-order valence-electron chi connectivity index (χ1n) is 10.9. The van der Waals surface area contributed by atoms with Crippen LogP contribution in [0.3, 0.4) is 0 Å². The van der Waals surface area contributed by atoms with Gasteiger partial charge in [0, 0.05) is 16.6 Å². The summed E-state index contributed by atoms with van der Waals surface area (Å²) in [5.41, 5.74) is 8.30. The number of aryl methyl sites for hydroxylation is 3. The second-order valence-corrected chi connectivity index (χ2v) is 8.22. The molecule has 0 atom stereocenters. The molecule has 4 aromatic rings. The number of rotatable bonds is 5. The number of carbonyl (C=O) groups is 1. The third-order valence-electron chi connectivity index (χ3n) is 5.64. The van der Waals surface area contributed by atoms with Crippen LogP contribution in [-0.2, 0) is 0 Å². The van der Waals surface area contributed by atoms with Crippen LogP contribution >= 0.6 is 0 Å². The molecular formula is C28H28N2O2. The second-order valence-electron chi connectivity index (χ2n) is 8.22. The van der Waals surface area contributed by atoms with Crippen molar-refractivity contribution in [2.45, 2.75) is 34.6 Å². The second kappa shape index (κ2) is 8.83. The smallest absolute Gasteiger partial charge is 0.256 e. The molecule has 1 aromatic heterocycles. The summed E-state index contributed by atoms with van der Waals surface area (Å²) in [6.45, 7) is 10.7. The van der Waals surface area contributed by atoms with E-state index in [1.165, 1.54) is 5.56 Å². The predicted molar refractivity (Wildman–Crippen MR) is 132 cm³/mol. The number of nitrogens with zero attached hydrogens (tertiary/aromatic N) is 1. The molecule has 1 N–H and O–H groups in total. The molecule has 4 rings (SSSR count). The zero-order valence-corrected chi connectivity index (χ0v) is 19.2. The topological polar surface area (TPSA) is 51.2 Å². The molecule has 1 amide bonds. The Bertz CT molecular complexity index is 1290. The summed E-state index contributed by atoms with van der Waals surface area (Å²) in [7, 11) is 0. The van der Waals surface area contributed by atoms with Crippen molar-refractivity contribution in [3.8, 4) is 17.0 Å². The van der Waals surface area contributed by atoms with Gasteiger partial charge in [-0.3, -0.25) is 4.79 Å².